The number of fused-ring (bicyclic) bond motifs is 7. The lowest BCUT2D eigenvalue weighted by Crippen LogP contribution is -2.69. The fourth-order valence-electron chi connectivity index (χ4n) is 13.0. The zero-order chi connectivity index (χ0) is 34.6. The molecule has 3 N–H and O–H groups in total. The SMILES string of the molecule is C[C@H]1CC2(C)CC[C@](C)(C(=O)NC(Cc3ccccc3)C(=O)O)C[C@@]2(C)C2=CC(=O)[C@@H]3C4(C)CC[C@H](O)C(C)(C)[C@@H]4CC[C@@]3(C)[C@@]21C. The largest absolute Gasteiger partial charge is 0.480 e. The van der Waals surface area contributed by atoms with Gasteiger partial charge in [0.2, 0.25) is 5.91 Å². The molecule has 0 aromatic heterocycles. The Labute approximate surface area is 282 Å². The molecule has 6 rings (SSSR count). The van der Waals surface area contributed by atoms with E-state index in [1.807, 2.05) is 43.3 Å². The van der Waals surface area contributed by atoms with Crippen molar-refractivity contribution in [2.45, 2.75) is 132 Å². The monoisotopic (exact) mass is 645 g/mol. The van der Waals surface area contributed by atoms with Gasteiger partial charge in [-0.1, -0.05) is 98.2 Å². The highest BCUT2D eigenvalue weighted by Crippen LogP contribution is 2.78. The number of carboxylic acid groups (broad SMARTS) is 1. The van der Waals surface area contributed by atoms with Crippen LogP contribution in [0.3, 0.4) is 0 Å². The van der Waals surface area contributed by atoms with Crippen LogP contribution in [-0.2, 0) is 20.8 Å². The van der Waals surface area contributed by atoms with Crippen LogP contribution in [-0.4, -0.2) is 40.0 Å². The molecule has 1 aromatic carbocycles. The van der Waals surface area contributed by atoms with Crippen LogP contribution in [0.5, 0.6) is 0 Å². The number of carbonyl (C=O) groups excluding carboxylic acids is 2. The minimum Gasteiger partial charge on any atom is -0.480 e. The Morgan fingerprint density at radius 2 is 1.60 bits per heavy atom. The van der Waals surface area contributed by atoms with Gasteiger partial charge in [-0.15, -0.1) is 0 Å². The molecule has 1 aromatic rings. The molecule has 5 aliphatic carbocycles. The maximum absolute atomic E-state index is 14.8. The first-order chi connectivity index (χ1) is 21.7. The van der Waals surface area contributed by atoms with E-state index in [1.54, 1.807) is 0 Å². The first-order valence-electron chi connectivity index (χ1n) is 18.2. The predicted octanol–water partition coefficient (Wildman–Crippen LogP) is 7.78. The second-order valence-corrected chi connectivity index (χ2v) is 18.8. The third kappa shape index (κ3) is 4.62. The summed E-state index contributed by atoms with van der Waals surface area (Å²) in [6.07, 6.45) is 8.62. The molecule has 4 fully saturated rings. The minimum atomic E-state index is -1.03. The van der Waals surface area contributed by atoms with Crippen molar-refractivity contribution in [3.05, 3.63) is 47.5 Å². The summed E-state index contributed by atoms with van der Waals surface area (Å²) in [6, 6.07) is 8.45. The Morgan fingerprint density at radius 3 is 2.23 bits per heavy atom. The van der Waals surface area contributed by atoms with Crippen LogP contribution in [0.2, 0.25) is 0 Å². The van der Waals surface area contributed by atoms with Gasteiger partial charge in [0.05, 0.1) is 6.10 Å². The topological polar surface area (TPSA) is 104 Å². The van der Waals surface area contributed by atoms with E-state index in [0.717, 1.165) is 44.1 Å². The molecule has 11 atom stereocenters. The lowest BCUT2D eigenvalue weighted by atomic mass is 9.30. The number of hydrogen-bond donors (Lipinski definition) is 3. The van der Waals surface area contributed by atoms with Gasteiger partial charge in [-0.2, -0.15) is 0 Å². The highest BCUT2D eigenvalue weighted by Gasteiger charge is 2.73. The fourth-order valence-corrected chi connectivity index (χ4v) is 13.0. The number of aliphatic hydroxyl groups is 1. The second-order valence-electron chi connectivity index (χ2n) is 18.8. The quantitative estimate of drug-likeness (QED) is 0.304. The van der Waals surface area contributed by atoms with Crippen molar-refractivity contribution < 1.29 is 24.6 Å². The molecule has 3 unspecified atom stereocenters. The number of carbonyl (C=O) groups is 3. The predicted molar refractivity (Wildman–Crippen MR) is 184 cm³/mol. The highest BCUT2D eigenvalue weighted by molar-refractivity contribution is 5.96. The van der Waals surface area contributed by atoms with Gasteiger partial charge in [0.1, 0.15) is 6.04 Å². The van der Waals surface area contributed by atoms with Crippen molar-refractivity contribution in [2.24, 2.45) is 55.7 Å². The average molecular weight is 646 g/mol. The standard InChI is InChI=1S/C41H59NO5/c1-25-23-37(5)20-19-36(4,34(47)42-27(33(45)46)21-26-13-11-10-12-14-26)24-40(37,8)30-22-28(43)32-38(6)17-16-31(44)35(2,3)29(38)15-18-39(32,7)41(25,30)9/h10-14,22,25,27,29,31-32,44H,15-21,23-24H2,1-9H3,(H,42,47)(H,45,46)/t25-,27?,29-,31-,32+,36-,37?,38?,39+,40-,41+/m0/s1. The third-order valence-corrected chi connectivity index (χ3v) is 16.2. The number of benzene rings is 1. The molecule has 4 saturated carbocycles. The Morgan fingerprint density at radius 1 is 0.936 bits per heavy atom. The van der Waals surface area contributed by atoms with E-state index in [9.17, 15) is 24.6 Å². The maximum Gasteiger partial charge on any atom is 0.326 e. The van der Waals surface area contributed by atoms with Crippen LogP contribution < -0.4 is 5.32 Å². The smallest absolute Gasteiger partial charge is 0.326 e. The number of amides is 1. The molecule has 1 amide bonds. The molecule has 5 aliphatic rings. The summed E-state index contributed by atoms with van der Waals surface area (Å²) in [5.74, 6) is -0.472. The first-order valence-corrected chi connectivity index (χ1v) is 18.2. The second kappa shape index (κ2) is 10.8. The van der Waals surface area contributed by atoms with Crippen LogP contribution in [0, 0.1) is 55.7 Å². The van der Waals surface area contributed by atoms with Crippen LogP contribution in [0.1, 0.15) is 119 Å². The van der Waals surface area contributed by atoms with Gasteiger partial charge >= 0.3 is 5.97 Å². The summed E-state index contributed by atoms with van der Waals surface area (Å²) in [5.41, 5.74) is -0.0744. The summed E-state index contributed by atoms with van der Waals surface area (Å²) in [7, 11) is 0. The fraction of sp³-hybridized carbons (Fsp3) is 0.732. The molecule has 0 radical (unpaired) electrons. The highest BCUT2D eigenvalue weighted by atomic mass is 16.4. The zero-order valence-electron chi connectivity index (χ0n) is 30.3. The number of carboxylic acids is 1. The summed E-state index contributed by atoms with van der Waals surface area (Å²) in [4.78, 5) is 41.4. The van der Waals surface area contributed by atoms with E-state index >= 15 is 0 Å². The lowest BCUT2D eigenvalue weighted by molar-refractivity contribution is -0.216. The molecule has 6 heteroatoms. The van der Waals surface area contributed by atoms with E-state index in [1.165, 1.54) is 5.57 Å². The molecule has 6 nitrogen and oxygen atoms in total. The average Bonchev–Trinajstić information content (AvgIpc) is 2.98. The van der Waals surface area contributed by atoms with E-state index in [-0.39, 0.29) is 63.1 Å². The lowest BCUT2D eigenvalue weighted by Gasteiger charge is -2.74. The molecule has 0 heterocycles. The van der Waals surface area contributed by atoms with Crippen LogP contribution in [0.25, 0.3) is 0 Å². The Bertz CT molecular complexity index is 1500. The number of rotatable bonds is 5. The van der Waals surface area contributed by atoms with Crippen molar-refractivity contribution >= 4 is 17.7 Å². The third-order valence-electron chi connectivity index (χ3n) is 16.2. The number of nitrogens with one attached hydrogen (secondary N) is 1. The van der Waals surface area contributed by atoms with Crippen molar-refractivity contribution in [1.29, 1.82) is 0 Å². The van der Waals surface area contributed by atoms with E-state index in [2.05, 4.69) is 60.7 Å². The van der Waals surface area contributed by atoms with Gasteiger partial charge in [0.15, 0.2) is 5.78 Å². The zero-order valence-corrected chi connectivity index (χ0v) is 30.3. The molecular formula is C41H59NO5. The van der Waals surface area contributed by atoms with Crippen molar-refractivity contribution in [2.75, 3.05) is 0 Å². The van der Waals surface area contributed by atoms with Gasteiger partial charge in [-0.05, 0) is 107 Å². The molecule has 0 spiro atoms. The Balaban J connectivity index is 1.38. The molecule has 47 heavy (non-hydrogen) atoms. The van der Waals surface area contributed by atoms with E-state index in [0.29, 0.717) is 18.8 Å². The van der Waals surface area contributed by atoms with Crippen molar-refractivity contribution in [1.82, 2.24) is 5.32 Å². The van der Waals surface area contributed by atoms with Crippen LogP contribution in [0.15, 0.2) is 42.0 Å². The number of ketones is 1. The Kier molecular flexibility index (Phi) is 7.88. The van der Waals surface area contributed by atoms with Crippen molar-refractivity contribution in [3.63, 3.8) is 0 Å². The van der Waals surface area contributed by atoms with E-state index in [4.69, 9.17) is 0 Å². The summed E-state index contributed by atoms with van der Waals surface area (Å²) >= 11 is 0. The van der Waals surface area contributed by atoms with Crippen molar-refractivity contribution in [3.8, 4) is 0 Å². The molecular weight excluding hydrogens is 586 g/mol. The molecule has 258 valence electrons. The van der Waals surface area contributed by atoms with Crippen LogP contribution in [0.4, 0.5) is 0 Å². The molecule has 0 saturated heterocycles. The van der Waals surface area contributed by atoms with Gasteiger partial charge in [-0.3, -0.25) is 9.59 Å². The van der Waals surface area contributed by atoms with Gasteiger partial charge < -0.3 is 15.5 Å². The maximum atomic E-state index is 14.8. The summed E-state index contributed by atoms with van der Waals surface area (Å²) in [6.45, 7) is 20.7. The number of aliphatic carboxylic acids is 1. The van der Waals surface area contributed by atoms with E-state index < -0.39 is 22.8 Å². The van der Waals surface area contributed by atoms with Gasteiger partial charge in [0, 0.05) is 17.8 Å². The summed E-state index contributed by atoms with van der Waals surface area (Å²) < 4.78 is 0. The molecule has 0 bridgehead atoms. The molecule has 0 aliphatic heterocycles. The minimum absolute atomic E-state index is 0.0880. The normalized spacial score (nSPS) is 46.1. The number of aliphatic hydroxyl groups excluding tert-OH is 1. The van der Waals surface area contributed by atoms with Gasteiger partial charge in [-0.25, -0.2) is 4.79 Å². The Hall–Kier alpha value is -2.47. The summed E-state index contributed by atoms with van der Waals surface area (Å²) in [5, 5.41) is 24.1. The number of allylic oxidation sites excluding steroid dienone is 2. The van der Waals surface area contributed by atoms with Crippen LogP contribution >= 0.6 is 0 Å². The van der Waals surface area contributed by atoms with Gasteiger partial charge in [0.25, 0.3) is 0 Å². The first kappa shape index (κ1) is 34.4. The number of hydrogen-bond acceptors (Lipinski definition) is 4.